The van der Waals surface area contributed by atoms with Gasteiger partial charge >= 0.3 is 5.97 Å². The molecule has 5 rings (SSSR count). The van der Waals surface area contributed by atoms with Crippen molar-refractivity contribution < 1.29 is 22.7 Å². The van der Waals surface area contributed by atoms with Gasteiger partial charge in [-0.15, -0.1) is 0 Å². The highest BCUT2D eigenvalue weighted by molar-refractivity contribution is 7.90. The molecule has 1 saturated carbocycles. The zero-order valence-electron chi connectivity index (χ0n) is 22.1. The van der Waals surface area contributed by atoms with Gasteiger partial charge in [0.2, 0.25) is 5.88 Å². The van der Waals surface area contributed by atoms with Gasteiger partial charge in [0.05, 0.1) is 34.4 Å². The number of rotatable bonds is 9. The molecule has 4 heterocycles. The largest absolute Gasteiger partial charge is 0.477 e. The number of esters is 1. The van der Waals surface area contributed by atoms with Crippen LogP contribution in [0.1, 0.15) is 68.1 Å². The number of fused-ring (bicyclic) bond motifs is 3. The topological polar surface area (TPSA) is 146 Å². The number of sulfone groups is 1. The summed E-state index contributed by atoms with van der Waals surface area (Å²) in [4.78, 5) is 26.3. The predicted molar refractivity (Wildman–Crippen MR) is 145 cm³/mol. The number of hydrogen-bond acceptors (Lipinski definition) is 10. The Labute approximate surface area is 222 Å². The molecule has 2 aliphatic rings. The normalized spacial score (nSPS) is 19.5. The summed E-state index contributed by atoms with van der Waals surface area (Å²) < 4.78 is 34.3. The molecule has 3 aromatic heterocycles. The second kappa shape index (κ2) is 9.46. The van der Waals surface area contributed by atoms with E-state index in [1.54, 1.807) is 24.5 Å². The van der Waals surface area contributed by atoms with Crippen LogP contribution in [-0.2, 0) is 25.5 Å². The molecule has 38 heavy (non-hydrogen) atoms. The smallest absolute Gasteiger partial charge is 0.340 e. The molecule has 0 saturated heterocycles. The van der Waals surface area contributed by atoms with Crippen LogP contribution in [-0.4, -0.2) is 54.1 Å². The maximum absolute atomic E-state index is 12.4. The number of aromatic nitrogens is 3. The molecule has 0 aromatic carbocycles. The average molecular weight is 540 g/mol. The lowest BCUT2D eigenvalue weighted by molar-refractivity contribution is 0.0183. The molecule has 10 nitrogen and oxygen atoms in total. The summed E-state index contributed by atoms with van der Waals surface area (Å²) in [6.45, 7) is 6.10. The van der Waals surface area contributed by atoms with Crippen LogP contribution in [0.5, 0.6) is 5.88 Å². The molecule has 0 radical (unpaired) electrons. The van der Waals surface area contributed by atoms with E-state index in [4.69, 9.17) is 20.2 Å². The molecule has 3 aromatic rings. The van der Waals surface area contributed by atoms with Crippen LogP contribution < -0.4 is 15.8 Å². The molecule has 1 spiro atoms. The third-order valence-electron chi connectivity index (χ3n) is 7.68. The second-order valence-corrected chi connectivity index (χ2v) is 12.9. The van der Waals surface area contributed by atoms with Crippen molar-refractivity contribution in [2.45, 2.75) is 63.5 Å². The van der Waals surface area contributed by atoms with E-state index >= 15 is 0 Å². The van der Waals surface area contributed by atoms with Crippen molar-refractivity contribution in [3.63, 3.8) is 0 Å². The molecule has 202 valence electrons. The lowest BCUT2D eigenvalue weighted by Gasteiger charge is -2.30. The van der Waals surface area contributed by atoms with E-state index in [-0.39, 0.29) is 29.8 Å². The first kappa shape index (κ1) is 26.3. The fourth-order valence-corrected chi connectivity index (χ4v) is 5.58. The van der Waals surface area contributed by atoms with E-state index in [0.717, 1.165) is 29.5 Å². The Bertz CT molecular complexity index is 1520. The van der Waals surface area contributed by atoms with Crippen molar-refractivity contribution in [1.82, 2.24) is 15.0 Å². The van der Waals surface area contributed by atoms with Gasteiger partial charge in [-0.25, -0.2) is 28.2 Å². The van der Waals surface area contributed by atoms with Crippen LogP contribution in [0.3, 0.4) is 0 Å². The minimum Gasteiger partial charge on any atom is -0.477 e. The third-order valence-corrected chi connectivity index (χ3v) is 8.71. The van der Waals surface area contributed by atoms with Crippen LogP contribution in [0.2, 0.25) is 0 Å². The first-order chi connectivity index (χ1) is 17.9. The van der Waals surface area contributed by atoms with Gasteiger partial charge in [-0.1, -0.05) is 6.92 Å². The number of nitrogens with zero attached hydrogens (tertiary/aromatic N) is 3. The predicted octanol–water partition coefficient (Wildman–Crippen LogP) is 3.76. The molecular weight excluding hydrogens is 506 g/mol. The van der Waals surface area contributed by atoms with Crippen LogP contribution in [0.25, 0.3) is 10.8 Å². The molecule has 0 bridgehead atoms. The van der Waals surface area contributed by atoms with Gasteiger partial charge in [-0.05, 0) is 68.7 Å². The SMILES string of the molecule is CCC(C)(N)c1cnc(OCCCS(C)(=O)=O)c2cnc(Nc3ccc4c(n3)C3(CC3)[C@H](C)OC4=O)cc12. The zero-order chi connectivity index (χ0) is 27.3. The Morgan fingerprint density at radius 2 is 1.97 bits per heavy atom. The number of nitrogens with two attached hydrogens (primary N) is 1. The van der Waals surface area contributed by atoms with E-state index in [9.17, 15) is 13.2 Å². The number of carbonyl (C=O) groups is 1. The molecular formula is C27H33N5O5S. The fraction of sp³-hybridized carbons (Fsp3) is 0.481. The van der Waals surface area contributed by atoms with E-state index in [1.165, 1.54) is 6.26 Å². The number of ether oxygens (including phenoxy) is 2. The van der Waals surface area contributed by atoms with E-state index in [1.807, 2.05) is 26.8 Å². The summed E-state index contributed by atoms with van der Waals surface area (Å²) in [5.41, 5.74) is 7.92. The van der Waals surface area contributed by atoms with Gasteiger partial charge in [0.15, 0.2) is 0 Å². The quantitative estimate of drug-likeness (QED) is 0.304. The van der Waals surface area contributed by atoms with Crippen LogP contribution in [0.15, 0.2) is 30.6 Å². The Morgan fingerprint density at radius 1 is 1.21 bits per heavy atom. The summed E-state index contributed by atoms with van der Waals surface area (Å²) >= 11 is 0. The molecule has 1 fully saturated rings. The maximum Gasteiger partial charge on any atom is 0.340 e. The van der Waals surface area contributed by atoms with Crippen molar-refractivity contribution in [3.8, 4) is 5.88 Å². The highest BCUT2D eigenvalue weighted by Crippen LogP contribution is 2.54. The monoisotopic (exact) mass is 539 g/mol. The Balaban J connectivity index is 1.48. The number of cyclic esters (lactones) is 1. The molecule has 1 unspecified atom stereocenters. The summed E-state index contributed by atoms with van der Waals surface area (Å²) in [6.07, 6.45) is 7.31. The first-order valence-corrected chi connectivity index (χ1v) is 14.9. The summed E-state index contributed by atoms with van der Waals surface area (Å²) in [6, 6.07) is 5.40. The number of pyridine rings is 3. The summed E-state index contributed by atoms with van der Waals surface area (Å²) in [5, 5.41) is 4.80. The first-order valence-electron chi connectivity index (χ1n) is 12.8. The molecule has 2 atom stereocenters. The average Bonchev–Trinajstić information content (AvgIpc) is 3.67. The van der Waals surface area contributed by atoms with Crippen molar-refractivity contribution >= 4 is 38.2 Å². The van der Waals surface area contributed by atoms with Crippen molar-refractivity contribution in [1.29, 1.82) is 0 Å². The van der Waals surface area contributed by atoms with Gasteiger partial charge < -0.3 is 20.5 Å². The Kier molecular flexibility index (Phi) is 6.55. The van der Waals surface area contributed by atoms with Crippen LogP contribution in [0.4, 0.5) is 11.6 Å². The Morgan fingerprint density at radius 3 is 2.66 bits per heavy atom. The number of carbonyl (C=O) groups excluding carboxylic acids is 1. The zero-order valence-corrected chi connectivity index (χ0v) is 22.9. The number of hydrogen-bond donors (Lipinski definition) is 2. The van der Waals surface area contributed by atoms with E-state index in [0.29, 0.717) is 41.3 Å². The highest BCUT2D eigenvalue weighted by atomic mass is 32.2. The molecule has 0 amide bonds. The van der Waals surface area contributed by atoms with E-state index in [2.05, 4.69) is 15.3 Å². The van der Waals surface area contributed by atoms with Gasteiger partial charge in [0, 0.05) is 24.2 Å². The summed E-state index contributed by atoms with van der Waals surface area (Å²) in [7, 11) is -3.07. The minimum atomic E-state index is -3.07. The lowest BCUT2D eigenvalue weighted by Crippen LogP contribution is -2.36. The van der Waals surface area contributed by atoms with Gasteiger partial charge in [0.25, 0.3) is 0 Å². The highest BCUT2D eigenvalue weighted by Gasteiger charge is 2.56. The molecule has 3 N–H and O–H groups in total. The second-order valence-electron chi connectivity index (χ2n) is 10.6. The molecule has 11 heteroatoms. The minimum absolute atomic E-state index is 0.0393. The van der Waals surface area contributed by atoms with Crippen LogP contribution >= 0.6 is 0 Å². The third kappa shape index (κ3) is 4.92. The number of nitrogens with one attached hydrogen (secondary N) is 1. The summed E-state index contributed by atoms with van der Waals surface area (Å²) in [5.74, 6) is 1.22. The molecule has 1 aliphatic heterocycles. The standard InChI is InChI=1S/C27H33N5O5S/c1-5-26(3,28)20-15-30-24(36-11-6-12-38(4,34)35)19-14-29-22(13-18(19)20)31-21-8-7-17-23(32-21)27(9-10-27)16(2)37-25(17)33/h7-8,13-16H,5-6,9-12,28H2,1-4H3,(H,29,31,32)/t16-,26?/m0/s1. The van der Waals surface area contributed by atoms with Gasteiger partial charge in [0.1, 0.15) is 27.6 Å². The van der Waals surface area contributed by atoms with E-state index < -0.39 is 15.4 Å². The van der Waals surface area contributed by atoms with Crippen molar-refractivity contribution in [2.24, 2.45) is 5.73 Å². The Hall–Kier alpha value is -3.31. The molecule has 1 aliphatic carbocycles. The fourth-order valence-electron chi connectivity index (χ4n) is 4.94. The van der Waals surface area contributed by atoms with Gasteiger partial charge in [-0.2, -0.15) is 0 Å². The van der Waals surface area contributed by atoms with Crippen LogP contribution in [0, 0.1) is 0 Å². The lowest BCUT2D eigenvalue weighted by atomic mass is 9.88. The van der Waals surface area contributed by atoms with Crippen molar-refractivity contribution in [2.75, 3.05) is 23.9 Å². The van der Waals surface area contributed by atoms with Gasteiger partial charge in [-0.3, -0.25) is 0 Å². The van der Waals surface area contributed by atoms with Crippen molar-refractivity contribution in [3.05, 3.63) is 47.4 Å². The maximum atomic E-state index is 12.4. The number of anilines is 2.